The van der Waals surface area contributed by atoms with Crippen molar-refractivity contribution in [1.82, 2.24) is 5.32 Å². The van der Waals surface area contributed by atoms with Crippen molar-refractivity contribution < 1.29 is 32.3 Å². The third-order valence-corrected chi connectivity index (χ3v) is 5.94. The van der Waals surface area contributed by atoms with Gasteiger partial charge in [-0.25, -0.2) is 8.42 Å². The van der Waals surface area contributed by atoms with Gasteiger partial charge in [-0.15, -0.1) is 0 Å². The highest BCUT2D eigenvalue weighted by Crippen LogP contribution is 2.33. The lowest BCUT2D eigenvalue weighted by molar-refractivity contribution is -0.116. The van der Waals surface area contributed by atoms with E-state index in [2.05, 4.69) is 10.6 Å². The lowest BCUT2D eigenvalue weighted by Gasteiger charge is -2.19. The maximum absolute atomic E-state index is 12.8. The first-order chi connectivity index (χ1) is 15.1. The number of sulfone groups is 1. The molecular weight excluding hydrogens is 436 g/mol. The van der Waals surface area contributed by atoms with E-state index in [4.69, 9.17) is 9.47 Å². The number of hydrogen-bond donors (Lipinski definition) is 2. The standard InChI is InChI=1S/C22H24N2O7S/c1-4-31-18-10-13(8-9-17(18)30-2)14(12-32(3,28)29)11-19(25)23-16-7-5-6-15-20(16)22(27)24-21(15)26/h5-10,14H,4,11-12H2,1-3H3,(H,23,25)(H,24,26,27). The molecule has 10 heteroatoms. The average Bonchev–Trinajstić information content (AvgIpc) is 3.01. The fourth-order valence-corrected chi connectivity index (χ4v) is 4.64. The summed E-state index contributed by atoms with van der Waals surface area (Å²) in [5.74, 6) is -1.60. The van der Waals surface area contributed by atoms with Crippen molar-refractivity contribution in [3.63, 3.8) is 0 Å². The van der Waals surface area contributed by atoms with Crippen LogP contribution in [0.5, 0.6) is 11.5 Å². The van der Waals surface area contributed by atoms with E-state index < -0.39 is 33.5 Å². The second kappa shape index (κ2) is 9.39. The van der Waals surface area contributed by atoms with E-state index >= 15 is 0 Å². The first-order valence-electron chi connectivity index (χ1n) is 9.90. The molecule has 2 aromatic carbocycles. The molecule has 0 radical (unpaired) electrons. The van der Waals surface area contributed by atoms with Crippen molar-refractivity contribution in [3.8, 4) is 11.5 Å². The van der Waals surface area contributed by atoms with Crippen LogP contribution in [0.1, 0.15) is 45.5 Å². The molecule has 0 bridgehead atoms. The predicted octanol–water partition coefficient (Wildman–Crippen LogP) is 2.13. The van der Waals surface area contributed by atoms with E-state index in [1.807, 2.05) is 6.92 Å². The molecule has 2 aromatic rings. The van der Waals surface area contributed by atoms with Crippen LogP contribution < -0.4 is 20.1 Å². The summed E-state index contributed by atoms with van der Waals surface area (Å²) in [7, 11) is -1.92. The molecule has 0 fully saturated rings. The summed E-state index contributed by atoms with van der Waals surface area (Å²) in [6.07, 6.45) is 0.940. The number of amides is 3. The predicted molar refractivity (Wildman–Crippen MR) is 118 cm³/mol. The summed E-state index contributed by atoms with van der Waals surface area (Å²) < 4.78 is 34.9. The topological polar surface area (TPSA) is 128 Å². The maximum atomic E-state index is 12.8. The first-order valence-corrected chi connectivity index (χ1v) is 12.0. The van der Waals surface area contributed by atoms with Gasteiger partial charge in [0.15, 0.2) is 11.5 Å². The van der Waals surface area contributed by atoms with Crippen LogP contribution in [0, 0.1) is 0 Å². The fourth-order valence-electron chi connectivity index (χ4n) is 3.60. The van der Waals surface area contributed by atoms with Gasteiger partial charge in [0.1, 0.15) is 9.84 Å². The number of benzene rings is 2. The van der Waals surface area contributed by atoms with Gasteiger partial charge in [0, 0.05) is 18.6 Å². The molecule has 2 N–H and O–H groups in total. The normalized spacial score (nSPS) is 13.8. The molecule has 3 rings (SSSR count). The lowest BCUT2D eigenvalue weighted by Crippen LogP contribution is -2.23. The van der Waals surface area contributed by atoms with Crippen molar-refractivity contribution in [2.24, 2.45) is 0 Å². The molecule has 3 amide bonds. The number of methoxy groups -OCH3 is 1. The number of hydrogen-bond acceptors (Lipinski definition) is 7. The Morgan fingerprint density at radius 2 is 1.88 bits per heavy atom. The Morgan fingerprint density at radius 1 is 1.12 bits per heavy atom. The van der Waals surface area contributed by atoms with Crippen molar-refractivity contribution >= 4 is 33.2 Å². The molecule has 1 heterocycles. The second-order valence-electron chi connectivity index (χ2n) is 7.40. The molecule has 0 aliphatic carbocycles. The Balaban J connectivity index is 1.88. The summed E-state index contributed by atoms with van der Waals surface area (Å²) >= 11 is 0. The summed E-state index contributed by atoms with van der Waals surface area (Å²) in [6.45, 7) is 2.20. The van der Waals surface area contributed by atoms with Crippen LogP contribution in [0.2, 0.25) is 0 Å². The quantitative estimate of drug-likeness (QED) is 0.549. The third-order valence-electron chi connectivity index (χ3n) is 4.93. The lowest BCUT2D eigenvalue weighted by atomic mass is 9.96. The van der Waals surface area contributed by atoms with Gasteiger partial charge in [0.25, 0.3) is 11.8 Å². The summed E-state index contributed by atoms with van der Waals surface area (Å²) in [5, 5.41) is 4.83. The Labute approximate surface area is 186 Å². The van der Waals surface area contributed by atoms with E-state index in [9.17, 15) is 22.8 Å². The molecule has 1 atom stereocenters. The van der Waals surface area contributed by atoms with Crippen LogP contribution in [0.15, 0.2) is 36.4 Å². The number of carbonyl (C=O) groups is 3. The van der Waals surface area contributed by atoms with Crippen molar-refractivity contribution in [1.29, 1.82) is 0 Å². The second-order valence-corrected chi connectivity index (χ2v) is 9.58. The van der Waals surface area contributed by atoms with Gasteiger partial charge in [-0.1, -0.05) is 12.1 Å². The van der Waals surface area contributed by atoms with Gasteiger partial charge < -0.3 is 14.8 Å². The van der Waals surface area contributed by atoms with Gasteiger partial charge in [0.2, 0.25) is 5.91 Å². The number of rotatable bonds is 9. The summed E-state index contributed by atoms with van der Waals surface area (Å²) in [4.78, 5) is 36.7. The Morgan fingerprint density at radius 3 is 2.53 bits per heavy atom. The van der Waals surface area contributed by atoms with Crippen LogP contribution in [-0.4, -0.2) is 51.9 Å². The van der Waals surface area contributed by atoms with E-state index in [1.54, 1.807) is 24.3 Å². The number of fused-ring (bicyclic) bond motifs is 1. The molecule has 9 nitrogen and oxygen atoms in total. The number of carbonyl (C=O) groups excluding carboxylic acids is 3. The molecule has 1 aliphatic rings. The summed E-state index contributed by atoms with van der Waals surface area (Å²) in [6, 6.07) is 9.58. The van der Waals surface area contributed by atoms with Gasteiger partial charge in [-0.05, 0) is 36.8 Å². The minimum Gasteiger partial charge on any atom is -0.493 e. The molecule has 1 unspecified atom stereocenters. The fraction of sp³-hybridized carbons (Fsp3) is 0.318. The van der Waals surface area contributed by atoms with Gasteiger partial charge in [0.05, 0.1) is 36.3 Å². The van der Waals surface area contributed by atoms with E-state index in [-0.39, 0.29) is 29.0 Å². The molecule has 0 aromatic heterocycles. The Bertz CT molecular complexity index is 1170. The third kappa shape index (κ3) is 5.25. The largest absolute Gasteiger partial charge is 0.493 e. The molecule has 0 spiro atoms. The van der Waals surface area contributed by atoms with Crippen LogP contribution in [0.4, 0.5) is 5.69 Å². The number of imide groups is 1. The zero-order chi connectivity index (χ0) is 23.5. The van der Waals surface area contributed by atoms with Crippen LogP contribution in [-0.2, 0) is 14.6 Å². The zero-order valence-corrected chi connectivity index (χ0v) is 18.7. The summed E-state index contributed by atoms with van der Waals surface area (Å²) in [5.41, 5.74) is 1.06. The van der Waals surface area contributed by atoms with E-state index in [0.29, 0.717) is 23.7 Å². The highest BCUT2D eigenvalue weighted by atomic mass is 32.2. The van der Waals surface area contributed by atoms with Crippen molar-refractivity contribution in [3.05, 3.63) is 53.1 Å². The highest BCUT2D eigenvalue weighted by molar-refractivity contribution is 7.90. The van der Waals surface area contributed by atoms with Crippen molar-refractivity contribution in [2.45, 2.75) is 19.3 Å². The van der Waals surface area contributed by atoms with Crippen LogP contribution in [0.3, 0.4) is 0 Å². The van der Waals surface area contributed by atoms with E-state index in [0.717, 1.165) is 6.26 Å². The molecule has 0 saturated heterocycles. The van der Waals surface area contributed by atoms with Gasteiger partial charge in [-0.2, -0.15) is 0 Å². The molecule has 170 valence electrons. The molecular formula is C22H24N2O7S. The smallest absolute Gasteiger partial charge is 0.261 e. The Hall–Kier alpha value is -3.40. The minimum absolute atomic E-state index is 0.0913. The first kappa shape index (κ1) is 23.3. The Kier molecular flexibility index (Phi) is 6.83. The number of ether oxygens (including phenoxy) is 2. The van der Waals surface area contributed by atoms with Gasteiger partial charge >= 0.3 is 0 Å². The number of nitrogens with one attached hydrogen (secondary N) is 2. The minimum atomic E-state index is -3.42. The van der Waals surface area contributed by atoms with Crippen LogP contribution >= 0.6 is 0 Å². The van der Waals surface area contributed by atoms with E-state index in [1.165, 1.54) is 19.2 Å². The molecule has 0 saturated carbocycles. The number of anilines is 1. The van der Waals surface area contributed by atoms with Gasteiger partial charge in [-0.3, -0.25) is 19.7 Å². The highest BCUT2D eigenvalue weighted by Gasteiger charge is 2.30. The average molecular weight is 461 g/mol. The van der Waals surface area contributed by atoms with Crippen molar-refractivity contribution in [2.75, 3.05) is 31.0 Å². The monoisotopic (exact) mass is 460 g/mol. The zero-order valence-electron chi connectivity index (χ0n) is 17.9. The maximum Gasteiger partial charge on any atom is 0.261 e. The van der Waals surface area contributed by atoms with Crippen LogP contribution in [0.25, 0.3) is 0 Å². The SMILES string of the molecule is CCOc1cc(C(CC(=O)Nc2cccc3c2C(=O)NC3=O)CS(C)(=O)=O)ccc1OC. The molecule has 1 aliphatic heterocycles. The molecule has 32 heavy (non-hydrogen) atoms.